The van der Waals surface area contributed by atoms with Crippen LogP contribution in [0, 0.1) is 0 Å². The van der Waals surface area contributed by atoms with E-state index in [1.807, 2.05) is 13.8 Å². The smallest absolute Gasteiger partial charge is 0.257 e. The van der Waals surface area contributed by atoms with E-state index in [1.54, 1.807) is 0 Å². The summed E-state index contributed by atoms with van der Waals surface area (Å²) in [5, 5.41) is 14.8. The molecule has 0 aliphatic heterocycles. The van der Waals surface area contributed by atoms with Crippen LogP contribution in [0.3, 0.4) is 0 Å². The maximum atomic E-state index is 9.44. The predicted octanol–water partition coefficient (Wildman–Crippen LogP) is -2.55. The second kappa shape index (κ2) is 11.3. The van der Waals surface area contributed by atoms with Gasteiger partial charge in [-0.05, 0) is 0 Å². The van der Waals surface area contributed by atoms with E-state index in [-0.39, 0.29) is 6.29 Å². The number of nitrogens with two attached hydrogens (primary N) is 4. The molecule has 0 atom stereocenters. The molecular formula is C11H24N12O2. The lowest BCUT2D eigenvalue weighted by atomic mass is 10.5. The lowest BCUT2D eigenvalue weighted by Gasteiger charge is -1.98. The van der Waals surface area contributed by atoms with E-state index < -0.39 is 5.78 Å². The van der Waals surface area contributed by atoms with Crippen molar-refractivity contribution in [1.82, 2.24) is 29.7 Å². The van der Waals surface area contributed by atoms with Gasteiger partial charge in [-0.3, -0.25) is 20.4 Å². The van der Waals surface area contributed by atoms with E-state index >= 15 is 0 Å². The number of aromatic nitrogens is 6. The first-order chi connectivity index (χ1) is 11.9. The summed E-state index contributed by atoms with van der Waals surface area (Å²) in [6.45, 7) is 5.09. The molecule has 25 heavy (non-hydrogen) atoms. The first-order valence-corrected chi connectivity index (χ1v) is 7.13. The number of aryl methyl sites for hydroxylation is 2. The largest absolute Gasteiger partial charge is 0.335 e. The van der Waals surface area contributed by atoms with E-state index in [0.717, 1.165) is 12.8 Å². The quantitative estimate of drug-likeness (QED) is 0.141. The lowest BCUT2D eigenvalue weighted by molar-refractivity contribution is -0.128. The van der Waals surface area contributed by atoms with Crippen LogP contribution in [0.4, 0.5) is 11.9 Å². The maximum absolute atomic E-state index is 9.44. The van der Waals surface area contributed by atoms with Gasteiger partial charge < -0.3 is 11.7 Å². The van der Waals surface area contributed by atoms with Gasteiger partial charge in [-0.15, -0.1) is 20.4 Å². The molecule has 0 saturated carbocycles. The molecule has 0 radical (unpaired) electrons. The molecule has 0 saturated heterocycles. The van der Waals surface area contributed by atoms with Gasteiger partial charge in [0.1, 0.15) is 0 Å². The number of Topliss-reactive ketones (excluding diaryl/α,β-unsaturated/α-hetero) is 1. The molecule has 14 heteroatoms. The molecule has 0 aliphatic rings. The average molecular weight is 356 g/mol. The molecular weight excluding hydrogens is 332 g/mol. The maximum Gasteiger partial charge on any atom is 0.257 e. The van der Waals surface area contributed by atoms with Gasteiger partial charge in [0.2, 0.25) is 0 Å². The number of ketones is 1. The van der Waals surface area contributed by atoms with Gasteiger partial charge in [0.25, 0.3) is 11.9 Å². The molecule has 14 nitrogen and oxygen atoms in total. The fourth-order valence-corrected chi connectivity index (χ4v) is 1.33. The highest BCUT2D eigenvalue weighted by atomic mass is 16.2. The summed E-state index contributed by atoms with van der Waals surface area (Å²) in [7, 11) is 0. The van der Waals surface area contributed by atoms with Crippen LogP contribution in [0.2, 0.25) is 0 Å². The molecule has 2 aromatic heterocycles. The zero-order chi connectivity index (χ0) is 19.4. The molecule has 2 heterocycles. The summed E-state index contributed by atoms with van der Waals surface area (Å²) < 4.78 is 2.64. The number of carbonyl (C=O) groups excluding carboxylic acids is 2. The summed E-state index contributed by atoms with van der Waals surface area (Å²) in [5.74, 6) is 22.8. The predicted molar refractivity (Wildman–Crippen MR) is 91.5 cm³/mol. The van der Waals surface area contributed by atoms with Crippen molar-refractivity contribution in [3.05, 3.63) is 11.6 Å². The molecule has 0 fully saturated rings. The topological polar surface area (TPSA) is 224 Å². The molecule has 2 aromatic rings. The Labute approximate surface area is 143 Å². The Morgan fingerprint density at radius 3 is 1.40 bits per heavy atom. The lowest BCUT2D eigenvalue weighted by Crippen LogP contribution is -2.19. The molecule has 0 amide bonds. The van der Waals surface area contributed by atoms with Gasteiger partial charge in [-0.25, -0.2) is 21.0 Å². The van der Waals surface area contributed by atoms with Gasteiger partial charge >= 0.3 is 0 Å². The van der Waals surface area contributed by atoms with E-state index in [0.29, 0.717) is 23.5 Å². The van der Waals surface area contributed by atoms with Gasteiger partial charge in [-0.2, -0.15) is 0 Å². The Hall–Kier alpha value is -3.26. The van der Waals surface area contributed by atoms with E-state index in [1.165, 1.54) is 16.3 Å². The number of hydrazine groups is 2. The Morgan fingerprint density at radius 1 is 0.960 bits per heavy atom. The summed E-state index contributed by atoms with van der Waals surface area (Å²) in [6.07, 6.45) is 1.76. The van der Waals surface area contributed by atoms with Crippen LogP contribution in [-0.2, 0) is 22.4 Å². The summed E-state index contributed by atoms with van der Waals surface area (Å²) >= 11 is 0. The van der Waals surface area contributed by atoms with Crippen molar-refractivity contribution in [3.8, 4) is 0 Å². The fourth-order valence-electron chi connectivity index (χ4n) is 1.33. The van der Waals surface area contributed by atoms with Crippen molar-refractivity contribution < 1.29 is 9.59 Å². The number of rotatable bonds is 5. The Kier molecular flexibility index (Phi) is 9.83. The number of nitrogen functional groups attached to an aromatic ring is 4. The third kappa shape index (κ3) is 6.80. The first-order valence-electron chi connectivity index (χ1n) is 7.13. The number of aldehydes is 1. The van der Waals surface area contributed by atoms with E-state index in [9.17, 15) is 4.79 Å². The Balaban J connectivity index is 0.000000368. The third-order valence-electron chi connectivity index (χ3n) is 2.59. The van der Waals surface area contributed by atoms with Crippen molar-refractivity contribution in [1.29, 1.82) is 0 Å². The molecule has 0 bridgehead atoms. The number of hydrogen-bond acceptors (Lipinski definition) is 12. The van der Waals surface area contributed by atoms with Gasteiger partial charge in [0, 0.05) is 19.8 Å². The highest BCUT2D eigenvalue weighted by molar-refractivity contribution is 6.23. The third-order valence-corrected chi connectivity index (χ3v) is 2.59. The summed E-state index contributed by atoms with van der Waals surface area (Å²) in [5.41, 5.74) is 4.63. The van der Waals surface area contributed by atoms with Crippen molar-refractivity contribution in [2.24, 2.45) is 11.7 Å². The van der Waals surface area contributed by atoms with Crippen LogP contribution < -0.4 is 34.2 Å². The molecule has 0 aliphatic carbocycles. The minimum absolute atomic E-state index is 0.278. The normalized spacial score (nSPS) is 9.16. The molecule has 0 spiro atoms. The van der Waals surface area contributed by atoms with Crippen molar-refractivity contribution in [2.45, 2.75) is 33.6 Å². The first kappa shape index (κ1) is 21.7. The number of nitrogens with zero attached hydrogens (tertiary/aromatic N) is 6. The number of anilines is 2. The van der Waals surface area contributed by atoms with Gasteiger partial charge in [0.15, 0.2) is 23.7 Å². The second-order valence-corrected chi connectivity index (χ2v) is 4.34. The van der Waals surface area contributed by atoms with E-state index in [4.69, 9.17) is 28.2 Å². The van der Waals surface area contributed by atoms with Crippen LogP contribution in [0.15, 0.2) is 0 Å². The fraction of sp³-hybridized carbons (Fsp3) is 0.455. The molecule has 2 rings (SSSR count). The zero-order valence-corrected chi connectivity index (χ0v) is 14.3. The van der Waals surface area contributed by atoms with Crippen molar-refractivity contribution in [2.75, 3.05) is 22.5 Å². The number of hydrogen-bond donors (Lipinski definition) is 6. The summed E-state index contributed by atoms with van der Waals surface area (Å²) in [6, 6.07) is 0. The number of carbonyl (C=O) groups is 2. The minimum Gasteiger partial charge on any atom is -0.335 e. The van der Waals surface area contributed by atoms with Crippen LogP contribution in [0.1, 0.15) is 32.4 Å². The molecule has 0 unspecified atom stereocenters. The van der Waals surface area contributed by atoms with Crippen LogP contribution in [0.25, 0.3) is 0 Å². The second-order valence-electron chi connectivity index (χ2n) is 4.34. The van der Waals surface area contributed by atoms with E-state index in [2.05, 4.69) is 31.2 Å². The monoisotopic (exact) mass is 356 g/mol. The average Bonchev–Trinajstić information content (AvgIpc) is 3.17. The highest BCUT2D eigenvalue weighted by Gasteiger charge is 2.04. The van der Waals surface area contributed by atoms with Crippen molar-refractivity contribution in [3.63, 3.8) is 0 Å². The molecule has 10 N–H and O–H groups in total. The molecule has 0 aromatic carbocycles. The SMILES string of the molecule is CC(=O)C=O.CCc1nnc(NN)n1N.CCc1nnc(NN)n1N. The Morgan fingerprint density at radius 2 is 1.28 bits per heavy atom. The minimum atomic E-state index is -0.426. The molecule has 140 valence electrons. The zero-order valence-electron chi connectivity index (χ0n) is 14.3. The highest BCUT2D eigenvalue weighted by Crippen LogP contribution is 2.00. The van der Waals surface area contributed by atoms with Crippen molar-refractivity contribution >= 4 is 24.0 Å². The van der Waals surface area contributed by atoms with Crippen LogP contribution in [0.5, 0.6) is 0 Å². The standard InChI is InChI=1S/2C4H10N6.C3H4O2/c2*1-2-3-8-9-4(7-5)10(3)6;1-3(5)2-4/h2*2,5-6H2,1H3,(H,7,9);2H,1H3. The van der Waals surface area contributed by atoms with Gasteiger partial charge in [-0.1, -0.05) is 13.8 Å². The van der Waals surface area contributed by atoms with Crippen LogP contribution >= 0.6 is 0 Å². The van der Waals surface area contributed by atoms with Gasteiger partial charge in [0.05, 0.1) is 0 Å². The van der Waals surface area contributed by atoms with Crippen LogP contribution in [-0.4, -0.2) is 41.8 Å². The summed E-state index contributed by atoms with van der Waals surface area (Å²) in [4.78, 5) is 18.6. The Bertz CT molecular complexity index is 573. The number of nitrogens with one attached hydrogen (secondary N) is 2.